The molecule has 0 aliphatic heterocycles. The molecule has 0 aliphatic carbocycles. The third-order valence-corrected chi connectivity index (χ3v) is 28.7. The van der Waals surface area contributed by atoms with E-state index in [4.69, 9.17) is 30.4 Å². The van der Waals surface area contributed by atoms with Crippen molar-refractivity contribution in [2.75, 3.05) is 674 Å². The van der Waals surface area contributed by atoms with Gasteiger partial charge in [0.05, 0.1) is 627 Å². The SMILES string of the molecule is CC[N+](CC)(CC)CCOCCOCC[N+](CC)(CC)CC.C[N+](C)(C)CCC(CO)(C[N+](C)(C)C)C[N+](C)(C)C.C[N+](C)(C)CCC(C[N+](C)(C)C)(C[N+](C)(C)C)C[N+](C)(C)C.C[N+](C)(C)CCCCC[N+](C)(C)C.C[N+](C)(C)CCCC[N+](C)(C)C.C[N+](C)(C)CCC[N+](C)(C)C.C[N+](C)(C)CCOCCOCC[N+](C)(C)C.C[N+](C)(C)CCS(=O)(=O)CCS(=O)(=O)CC[N+](C)(C)C.C[N+](C)(C)CC[N+](C)(C)C.NCCN. The maximum absolute atomic E-state index is 11.8. The van der Waals surface area contributed by atoms with Crippen molar-refractivity contribution in [3.63, 3.8) is 0 Å². The molecule has 0 unspecified atom stereocenters. The van der Waals surface area contributed by atoms with Crippen molar-refractivity contribution >= 4 is 19.7 Å². The van der Waals surface area contributed by atoms with Crippen LogP contribution >= 0.6 is 0 Å². The Balaban J connectivity index is -0.000000183. The highest BCUT2D eigenvalue weighted by Gasteiger charge is 2.47. The third kappa shape index (κ3) is 145. The fourth-order valence-electron chi connectivity index (χ4n) is 16.5. The van der Waals surface area contributed by atoms with E-state index >= 15 is 0 Å². The van der Waals surface area contributed by atoms with Crippen molar-refractivity contribution in [2.24, 2.45) is 22.3 Å². The van der Waals surface area contributed by atoms with Gasteiger partial charge in [-0.1, -0.05) is 0 Å². The minimum atomic E-state index is -3.30. The second kappa shape index (κ2) is 75.9. The Labute approximate surface area is 938 Å². The number of unbranched alkanes of at least 4 members (excludes halogenated alkanes) is 3. The second-order valence-electron chi connectivity index (χ2n) is 63.6. The largest absolute Gasteiger partial charge is 0.395 e. The molecule has 0 fully saturated rings. The van der Waals surface area contributed by atoms with Crippen molar-refractivity contribution in [3.05, 3.63) is 0 Å². The van der Waals surface area contributed by atoms with E-state index in [0.29, 0.717) is 53.8 Å². The van der Waals surface area contributed by atoms with Crippen molar-refractivity contribution < 1.29 is 135 Å². The van der Waals surface area contributed by atoms with Gasteiger partial charge in [0, 0.05) is 45.2 Å². The van der Waals surface area contributed by atoms with Gasteiger partial charge in [-0.05, 0) is 60.8 Å². The normalized spacial score (nSPS) is 13.8. The number of sulfone groups is 2. The van der Waals surface area contributed by atoms with E-state index in [2.05, 4.69) is 401 Å². The van der Waals surface area contributed by atoms with Gasteiger partial charge in [-0.15, -0.1) is 0 Å². The lowest BCUT2D eigenvalue weighted by atomic mass is 9.80. The van der Waals surface area contributed by atoms with Crippen LogP contribution in [0.15, 0.2) is 0 Å². The maximum atomic E-state index is 11.8. The molecule has 914 valence electrons. The van der Waals surface area contributed by atoms with Gasteiger partial charge in [0.15, 0.2) is 19.7 Å². The van der Waals surface area contributed by atoms with Crippen molar-refractivity contribution in [1.29, 1.82) is 0 Å². The fourth-order valence-corrected chi connectivity index (χ4v) is 20.6. The standard InChI is InChI=1S/C18H46N4.C18H42N2O2.C15H38N3O.C12H30N2O4S2.C12H30N2O2.C11H28N2.C10H26N2.C9H24N2.C8H22N2.C2H8N2/c1-19(2,3)14-13-18(15-20(4,5)6,16-21(7,8)9)17-22(10,11)12;1-7-19(8-2,9-3)13-15-21-17-18-22-16-14-20(10-4,11-5)12-6;1-16(2,3)11-10-15(14-19,12-17(4,5)6)13-18(7,8)9;1-13(2,3)7-9-19(15,16)11-12-20(17,18)10-8-14(4,5)6;1-13(2,3)7-9-15-11-12-16-10-8-14(4,5)6;1-12(2,3)10-8-7-9-11-13(4,5)6;1-11(2,3)9-7-8-10-12(4,5)6;1-10(2,3)8-7-9-11(4,5)6;1-9(2,3)7-8-10(4,5)6;3-1-2-4/h13-17H2,1-12H3;7-18H2,1-6H3;19H,10-14H2,1-9H3;7-12H2,1-6H3;7-12H2,1-6H3;7-11H2,1-6H3;7-10H2,1-6H3;7-9H2,1-6H3;7-8H2,1-6H3;1-4H2/q+4;+2;+3;6*+2;. The number of aliphatic hydroxyl groups is 1. The van der Waals surface area contributed by atoms with Crippen LogP contribution in [0.1, 0.15) is 92.9 Å². The summed E-state index contributed by atoms with van der Waals surface area (Å²) in [6, 6.07) is 0. The molecule has 0 saturated heterocycles. The minimum absolute atomic E-state index is 0.00201. The Kier molecular flexibility index (Phi) is 85.4. The van der Waals surface area contributed by atoms with Crippen molar-refractivity contribution in [3.8, 4) is 0 Å². The van der Waals surface area contributed by atoms with Gasteiger partial charge in [-0.3, -0.25) is 0 Å². The molecule has 0 radical (unpaired) electrons. The van der Waals surface area contributed by atoms with Gasteiger partial charge in [-0.25, -0.2) is 16.8 Å². The third-order valence-electron chi connectivity index (χ3n) is 25.2. The van der Waals surface area contributed by atoms with Crippen LogP contribution in [0.4, 0.5) is 0 Å². The molecule has 149 heavy (non-hydrogen) atoms. The summed E-state index contributed by atoms with van der Waals surface area (Å²) < 4.78 is 90.8. The van der Waals surface area contributed by atoms with Crippen LogP contribution in [0.3, 0.4) is 0 Å². The van der Waals surface area contributed by atoms with Crippen LogP contribution in [0, 0.1) is 10.8 Å². The van der Waals surface area contributed by atoms with E-state index in [1.54, 1.807) is 0 Å². The van der Waals surface area contributed by atoms with Crippen molar-refractivity contribution in [2.45, 2.75) is 92.9 Å². The van der Waals surface area contributed by atoms with Gasteiger partial charge in [0.2, 0.25) is 0 Å². The van der Waals surface area contributed by atoms with Gasteiger partial charge < -0.3 is 130 Å². The monoisotopic (exact) mass is 2210 g/mol. The molecule has 0 heterocycles. The summed E-state index contributed by atoms with van der Waals surface area (Å²) in [6.07, 6.45) is 10.5. The molecule has 0 atom stereocenters. The van der Waals surface area contributed by atoms with Crippen molar-refractivity contribution in [1.82, 2.24) is 0 Å². The second-order valence-corrected chi connectivity index (χ2v) is 68.2. The number of likely N-dealkylation sites (N-methyl/N-ethyl adjacent to an activating group) is 6. The smallest absolute Gasteiger partial charge is 0.156 e. The number of quaternary nitrogens is 21. The van der Waals surface area contributed by atoms with Gasteiger partial charge in [0.1, 0.15) is 44.7 Å². The fraction of sp³-hybridized carbons (Fsp3) is 1.00. The number of aliphatic hydroxyl groups excluding tert-OH is 1. The number of nitrogens with two attached hydrogens (primary N) is 2. The zero-order chi connectivity index (χ0) is 121. The summed E-state index contributed by atoms with van der Waals surface area (Å²) in [5.74, 6) is -0.484. The summed E-state index contributed by atoms with van der Waals surface area (Å²) in [6.45, 7) is 52.0. The average molecular weight is 2210 g/mol. The summed E-state index contributed by atoms with van der Waals surface area (Å²) in [7, 11) is 120. The lowest BCUT2D eigenvalue weighted by Crippen LogP contribution is -2.60. The number of ether oxygens (including phenoxy) is 4. The van der Waals surface area contributed by atoms with Gasteiger partial charge in [0.25, 0.3) is 0 Å². The summed E-state index contributed by atoms with van der Waals surface area (Å²) >= 11 is 0. The summed E-state index contributed by atoms with van der Waals surface area (Å²) in [5.41, 5.74) is 10.2. The Morgan fingerprint density at radius 2 is 0.356 bits per heavy atom. The Morgan fingerprint density at radius 1 is 0.188 bits per heavy atom. The molecule has 0 bridgehead atoms. The molecule has 0 spiro atoms. The quantitative estimate of drug-likeness (QED) is 0.0425. The zero-order valence-electron chi connectivity index (χ0n) is 114. The predicted octanol–water partition coefficient (Wildman–Crippen LogP) is 6.93. The highest BCUT2D eigenvalue weighted by Crippen LogP contribution is 2.32. The van der Waals surface area contributed by atoms with E-state index in [0.717, 1.165) is 177 Å². The molecule has 34 heteroatoms. The van der Waals surface area contributed by atoms with Crippen LogP contribution in [-0.2, 0) is 38.6 Å². The Hall–Kier alpha value is -1.22. The van der Waals surface area contributed by atoms with Crippen LogP contribution < -0.4 is 11.5 Å². The highest BCUT2D eigenvalue weighted by atomic mass is 32.2. The first-order valence-electron chi connectivity index (χ1n) is 57.4. The molecule has 0 amide bonds. The van der Waals surface area contributed by atoms with Crippen LogP contribution in [0.2, 0.25) is 0 Å². The van der Waals surface area contributed by atoms with Gasteiger partial charge in [-0.2, -0.15) is 0 Å². The first-order chi connectivity index (χ1) is 65.7. The lowest BCUT2D eigenvalue weighted by Gasteiger charge is -2.45. The first-order valence-corrected chi connectivity index (χ1v) is 61.0. The molecule has 0 rings (SSSR count). The Bertz CT molecular complexity index is 3140. The van der Waals surface area contributed by atoms with Gasteiger partial charge >= 0.3 is 0 Å². The molecule has 0 aliphatic rings. The van der Waals surface area contributed by atoms with Crippen LogP contribution in [-0.4, -0.2) is 790 Å². The lowest BCUT2D eigenvalue weighted by molar-refractivity contribution is -0.928. The molecule has 32 nitrogen and oxygen atoms in total. The number of nitrogens with zero attached hydrogens (tertiary/aromatic N) is 21. The summed E-state index contributed by atoms with van der Waals surface area (Å²) in [5, 5.41) is 10.1. The van der Waals surface area contributed by atoms with Crippen LogP contribution in [0.5, 0.6) is 0 Å². The molecule has 0 saturated carbocycles. The minimum Gasteiger partial charge on any atom is -0.395 e. The summed E-state index contributed by atoms with van der Waals surface area (Å²) in [4.78, 5) is 0. The van der Waals surface area contributed by atoms with E-state index in [1.165, 1.54) is 163 Å². The molecular weight excluding hydrogens is 1910 g/mol. The Morgan fingerprint density at radius 3 is 0.523 bits per heavy atom. The topological polar surface area (TPSA) is 177 Å². The molecule has 0 aromatic carbocycles. The highest BCUT2D eigenvalue weighted by molar-refractivity contribution is 7.95. The molecule has 0 aromatic heterocycles. The van der Waals surface area contributed by atoms with E-state index < -0.39 is 19.7 Å². The zero-order valence-corrected chi connectivity index (χ0v) is 116. The average Bonchev–Trinajstić information content (AvgIpc) is 0.798. The van der Waals surface area contributed by atoms with Crippen LogP contribution in [0.25, 0.3) is 0 Å². The molecule has 0 aromatic rings. The number of rotatable bonds is 69. The maximum Gasteiger partial charge on any atom is 0.156 e. The van der Waals surface area contributed by atoms with E-state index in [1.807, 2.05) is 42.3 Å². The molecular formula is C115H294N23O9S2+21. The first kappa shape index (κ1) is 168. The number of hydrogen-bond acceptors (Lipinski definition) is 11. The van der Waals surface area contributed by atoms with E-state index in [9.17, 15) is 21.9 Å². The van der Waals surface area contributed by atoms with E-state index in [-0.39, 0.29) is 35.0 Å². The number of hydrogen-bond donors (Lipinski definition) is 3. The molecule has 5 N–H and O–H groups in total. The predicted molar refractivity (Wildman–Crippen MR) is 656 cm³/mol.